The molecule has 0 fully saturated rings. The summed E-state index contributed by atoms with van der Waals surface area (Å²) in [6, 6.07) is 86.2. The Morgan fingerprint density at radius 2 is 0.573 bits per heavy atom. The van der Waals surface area contributed by atoms with Crippen molar-refractivity contribution in [1.29, 1.82) is 5.26 Å². The molecule has 0 N–H and O–H groups in total. The Balaban J connectivity index is 1.27. The van der Waals surface area contributed by atoms with Crippen molar-refractivity contribution >= 4 is 115 Å². The Kier molecular flexibility index (Phi) is 8.46. The fourth-order valence-corrected chi connectivity index (χ4v) is 12.8. The largest absolute Gasteiger partial charge is 0.318 e. The van der Waals surface area contributed by atoms with E-state index >= 15 is 0 Å². The van der Waals surface area contributed by atoms with Gasteiger partial charge >= 0.3 is 0 Å². The third-order valence-electron chi connectivity index (χ3n) is 15.7. The molecular weight excluding hydrogens is 915 g/mol. The van der Waals surface area contributed by atoms with Crippen LogP contribution in [0.3, 0.4) is 0 Å². The van der Waals surface area contributed by atoms with E-state index in [1.54, 1.807) is 0 Å². The van der Waals surface area contributed by atoms with Gasteiger partial charge in [-0.25, -0.2) is 4.85 Å². The van der Waals surface area contributed by atoms with Crippen molar-refractivity contribution in [2.45, 2.75) is 0 Å². The fourth-order valence-electron chi connectivity index (χ4n) is 12.8. The van der Waals surface area contributed by atoms with E-state index in [0.717, 1.165) is 115 Å². The van der Waals surface area contributed by atoms with E-state index in [4.69, 9.17) is 4.85 Å². The maximum atomic E-state index is 12.6. The van der Waals surface area contributed by atoms with Crippen LogP contribution >= 0.6 is 0 Å². The minimum Gasteiger partial charge on any atom is -0.318 e. The molecule has 0 atom stereocenters. The predicted octanol–water partition coefficient (Wildman–Crippen LogP) is 17.6. The topological polar surface area (TPSA) is 52.8 Å². The maximum Gasteiger partial charge on any atom is 0.237 e. The van der Waals surface area contributed by atoms with Crippen molar-refractivity contribution in [3.63, 3.8) is 0 Å². The zero-order valence-electron chi connectivity index (χ0n) is 40.1. The molecule has 346 valence electrons. The number of para-hydroxylation sites is 9. The summed E-state index contributed by atoms with van der Waals surface area (Å²) < 4.78 is 11.6. The molecule has 7 heteroatoms. The third kappa shape index (κ3) is 5.40. The molecule has 5 heterocycles. The van der Waals surface area contributed by atoms with Crippen LogP contribution in [0.4, 0.5) is 5.69 Å². The second kappa shape index (κ2) is 15.5. The van der Waals surface area contributed by atoms with Gasteiger partial charge in [0, 0.05) is 59.5 Å². The van der Waals surface area contributed by atoms with E-state index in [9.17, 15) is 11.8 Å². The number of aromatic nitrogens is 5. The number of hydrogen-bond acceptors (Lipinski definition) is 1. The van der Waals surface area contributed by atoms with Crippen LogP contribution in [0.2, 0.25) is 0 Å². The molecule has 0 saturated heterocycles. The highest BCUT2D eigenvalue weighted by molar-refractivity contribution is 6.25. The Morgan fingerprint density at radius 3 is 0.947 bits per heavy atom. The van der Waals surface area contributed by atoms with Crippen LogP contribution < -0.4 is 0 Å². The summed E-state index contributed by atoms with van der Waals surface area (Å²) >= 11 is 0. The molecular formula is C68H39N7. The normalized spacial score (nSPS) is 12.0. The molecule has 75 heavy (non-hydrogen) atoms. The lowest BCUT2D eigenvalue weighted by molar-refractivity contribution is 1.03. The standard InChI is InChI=1S/C68H39N7/c1-70-62-63(72-55-32-14-5-23-43(55)44-24-6-15-33-56(44)72)53(41-69)66(73-57-34-16-7-25-45(57)46-26-8-17-35-58(46)73)68(67(62)74-59-36-18-9-27-47(59)48-28-10-19-37-60(48)74)75-61-38-20-12-30-50(61)52-40-39-51-49-29-11-13-31-54(49)71(64(51)65(52)75)42-21-3-2-4-22-42/h2-40H. The first-order valence-electron chi connectivity index (χ1n) is 25.2. The summed E-state index contributed by atoms with van der Waals surface area (Å²) in [6.45, 7) is 9.81. The van der Waals surface area contributed by atoms with Crippen LogP contribution in [0, 0.1) is 17.9 Å². The quantitative estimate of drug-likeness (QED) is 0.159. The monoisotopic (exact) mass is 953 g/mol. The van der Waals surface area contributed by atoms with Crippen LogP contribution in [0.1, 0.15) is 5.56 Å². The summed E-state index contributed by atoms with van der Waals surface area (Å²) in [7, 11) is 0. The highest BCUT2D eigenvalue weighted by atomic mass is 15.1. The van der Waals surface area contributed by atoms with Crippen molar-refractivity contribution in [3.8, 4) is 34.5 Å². The zero-order valence-corrected chi connectivity index (χ0v) is 40.1. The van der Waals surface area contributed by atoms with E-state index in [1.807, 2.05) is 12.1 Å². The molecule has 0 bridgehead atoms. The van der Waals surface area contributed by atoms with Gasteiger partial charge in [0.15, 0.2) is 0 Å². The van der Waals surface area contributed by atoms with Gasteiger partial charge in [-0.2, -0.15) is 5.26 Å². The van der Waals surface area contributed by atoms with Crippen molar-refractivity contribution in [1.82, 2.24) is 22.8 Å². The number of rotatable bonds is 5. The second-order valence-electron chi connectivity index (χ2n) is 19.3. The predicted molar refractivity (Wildman–Crippen MR) is 309 cm³/mol. The molecule has 16 aromatic rings. The molecule has 0 spiro atoms. The highest BCUT2D eigenvalue weighted by Gasteiger charge is 2.35. The molecule has 5 aromatic heterocycles. The van der Waals surface area contributed by atoms with Gasteiger partial charge in [-0.15, -0.1) is 0 Å². The molecule has 0 amide bonds. The van der Waals surface area contributed by atoms with Crippen molar-refractivity contribution in [2.24, 2.45) is 0 Å². The molecule has 0 radical (unpaired) electrons. The van der Waals surface area contributed by atoms with Gasteiger partial charge in [-0.3, -0.25) is 0 Å². The minimum absolute atomic E-state index is 0.353. The second-order valence-corrected chi connectivity index (χ2v) is 19.3. The first-order chi connectivity index (χ1) is 37.2. The smallest absolute Gasteiger partial charge is 0.237 e. The number of nitriles is 1. The molecule has 0 aliphatic carbocycles. The van der Waals surface area contributed by atoms with Crippen LogP contribution in [0.15, 0.2) is 237 Å². The van der Waals surface area contributed by atoms with E-state index in [1.165, 1.54) is 0 Å². The Hall–Kier alpha value is -10.6. The van der Waals surface area contributed by atoms with E-state index in [-0.39, 0.29) is 0 Å². The van der Waals surface area contributed by atoms with Crippen LogP contribution in [-0.4, -0.2) is 22.8 Å². The lowest BCUT2D eigenvalue weighted by Crippen LogP contribution is -2.15. The van der Waals surface area contributed by atoms with Crippen molar-refractivity contribution < 1.29 is 0 Å². The van der Waals surface area contributed by atoms with E-state index < -0.39 is 0 Å². The Labute approximate surface area is 428 Å². The molecule has 0 aliphatic heterocycles. The van der Waals surface area contributed by atoms with Gasteiger partial charge < -0.3 is 22.8 Å². The molecule has 0 unspecified atom stereocenters. The number of nitrogens with zero attached hydrogens (tertiary/aromatic N) is 7. The first-order valence-corrected chi connectivity index (χ1v) is 25.2. The summed E-state index contributed by atoms with van der Waals surface area (Å²) in [5, 5.41) is 23.2. The lowest BCUT2D eigenvalue weighted by atomic mass is 10.0. The van der Waals surface area contributed by atoms with Gasteiger partial charge in [-0.05, 0) is 60.7 Å². The van der Waals surface area contributed by atoms with Crippen molar-refractivity contribution in [2.75, 3.05) is 0 Å². The molecule has 0 aliphatic rings. The number of benzene rings is 11. The van der Waals surface area contributed by atoms with Crippen LogP contribution in [-0.2, 0) is 0 Å². The van der Waals surface area contributed by atoms with E-state index in [0.29, 0.717) is 34.0 Å². The average molecular weight is 954 g/mol. The number of fused-ring (bicyclic) bond motifs is 16. The van der Waals surface area contributed by atoms with Gasteiger partial charge in [0.1, 0.15) is 6.07 Å². The molecule has 7 nitrogen and oxygen atoms in total. The summed E-state index contributed by atoms with van der Waals surface area (Å²) in [5.41, 5.74) is 13.9. The zero-order chi connectivity index (χ0) is 49.5. The van der Waals surface area contributed by atoms with E-state index in [2.05, 4.69) is 253 Å². The summed E-state index contributed by atoms with van der Waals surface area (Å²) in [6.07, 6.45) is 0. The fraction of sp³-hybridized carbons (Fsp3) is 0. The molecule has 11 aromatic carbocycles. The first kappa shape index (κ1) is 41.1. The minimum atomic E-state index is 0.353. The van der Waals surface area contributed by atoms with Gasteiger partial charge in [0.2, 0.25) is 5.69 Å². The molecule has 16 rings (SSSR count). The number of hydrogen-bond donors (Lipinski definition) is 0. The lowest BCUT2D eigenvalue weighted by Gasteiger charge is -2.27. The van der Waals surface area contributed by atoms with Crippen LogP contribution in [0.25, 0.3) is 142 Å². The SMILES string of the molecule is [C-]#[N+]c1c(-n2c3ccccc3c3ccccc32)c(C#N)c(-n2c3ccccc3c3ccccc32)c(-n2c3ccccc3c3ccc4c5ccccc5n(-c5ccccc5)c4c32)c1-n1c2ccccc2c2ccccc21. The van der Waals surface area contributed by atoms with Gasteiger partial charge in [-0.1, -0.05) is 176 Å². The van der Waals surface area contributed by atoms with Gasteiger partial charge in [0.25, 0.3) is 0 Å². The Morgan fingerprint density at radius 1 is 0.280 bits per heavy atom. The highest BCUT2D eigenvalue weighted by Crippen LogP contribution is 2.53. The van der Waals surface area contributed by atoms with Crippen molar-refractivity contribution in [3.05, 3.63) is 254 Å². The maximum absolute atomic E-state index is 12.6. The summed E-state index contributed by atoms with van der Waals surface area (Å²) in [4.78, 5) is 4.79. The average Bonchev–Trinajstić information content (AvgIpc) is 4.40. The third-order valence-corrected chi connectivity index (χ3v) is 15.7. The summed E-state index contributed by atoms with van der Waals surface area (Å²) in [5.74, 6) is 0. The van der Waals surface area contributed by atoms with Gasteiger partial charge in [0.05, 0.1) is 90.1 Å². The van der Waals surface area contributed by atoms with Crippen LogP contribution in [0.5, 0.6) is 0 Å². The Bertz CT molecular complexity index is 4900. The molecule has 0 saturated carbocycles.